The molecule has 1 saturated heterocycles. The van der Waals surface area contributed by atoms with Gasteiger partial charge < -0.3 is 10.2 Å². The summed E-state index contributed by atoms with van der Waals surface area (Å²) in [6.07, 6.45) is 6.50. The molecule has 158 valence electrons. The smallest absolute Gasteiger partial charge is 0.244 e. The van der Waals surface area contributed by atoms with E-state index in [1.54, 1.807) is 0 Å². The minimum atomic E-state index is 0.0178. The van der Waals surface area contributed by atoms with Crippen molar-refractivity contribution in [2.75, 3.05) is 19.6 Å². The lowest BCUT2D eigenvalue weighted by Gasteiger charge is -2.41. The number of fused-ring (bicyclic) bond motifs is 1. The number of nitrogens with one attached hydrogen (secondary N) is 1. The van der Waals surface area contributed by atoms with E-state index in [0.717, 1.165) is 24.8 Å². The van der Waals surface area contributed by atoms with E-state index >= 15 is 0 Å². The third kappa shape index (κ3) is 5.10. The van der Waals surface area contributed by atoms with Gasteiger partial charge in [-0.1, -0.05) is 79.9 Å². The molecule has 0 spiro atoms. The summed E-state index contributed by atoms with van der Waals surface area (Å²) in [5, 5.41) is 3.53. The molecule has 1 amide bonds. The lowest BCUT2D eigenvalue weighted by atomic mass is 9.75. The van der Waals surface area contributed by atoms with Crippen molar-refractivity contribution in [1.29, 1.82) is 0 Å². The van der Waals surface area contributed by atoms with Gasteiger partial charge in [0.25, 0.3) is 0 Å². The molecule has 2 unspecified atom stereocenters. The zero-order valence-corrected chi connectivity index (χ0v) is 18.0. The number of aliphatic imine (C=N–C) groups is 1. The molecule has 1 saturated carbocycles. The predicted octanol–water partition coefficient (Wildman–Crippen LogP) is 4.82. The molecular formula is C26H33N3O. The second kappa shape index (κ2) is 9.92. The highest BCUT2D eigenvalue weighted by atomic mass is 16.2. The predicted molar refractivity (Wildman–Crippen MR) is 122 cm³/mol. The Morgan fingerprint density at radius 1 is 0.967 bits per heavy atom. The van der Waals surface area contributed by atoms with Crippen molar-refractivity contribution in [2.24, 2.45) is 16.8 Å². The second-order valence-electron chi connectivity index (χ2n) is 8.73. The van der Waals surface area contributed by atoms with E-state index in [0.29, 0.717) is 5.92 Å². The Kier molecular flexibility index (Phi) is 6.83. The molecule has 4 nitrogen and oxygen atoms in total. The first-order valence-electron chi connectivity index (χ1n) is 11.4. The highest BCUT2D eigenvalue weighted by Gasteiger charge is 2.32. The molecule has 2 aliphatic rings. The fraction of sp³-hybridized carbons (Fsp3) is 0.462. The Labute approximate surface area is 180 Å². The van der Waals surface area contributed by atoms with Gasteiger partial charge in [0, 0.05) is 13.1 Å². The Morgan fingerprint density at radius 2 is 1.57 bits per heavy atom. The number of carbonyl (C=O) groups is 1. The Morgan fingerprint density at radius 3 is 2.20 bits per heavy atom. The minimum absolute atomic E-state index is 0.0178. The average molecular weight is 404 g/mol. The van der Waals surface area contributed by atoms with Crippen molar-refractivity contribution in [3.63, 3.8) is 0 Å². The van der Waals surface area contributed by atoms with Crippen LogP contribution in [0.2, 0.25) is 0 Å². The van der Waals surface area contributed by atoms with Crippen LogP contribution in [0.15, 0.2) is 65.7 Å². The van der Waals surface area contributed by atoms with Gasteiger partial charge >= 0.3 is 0 Å². The normalized spacial score (nSPS) is 21.9. The summed E-state index contributed by atoms with van der Waals surface area (Å²) in [4.78, 5) is 19.5. The maximum Gasteiger partial charge on any atom is 0.244 e. The van der Waals surface area contributed by atoms with Crippen molar-refractivity contribution in [1.82, 2.24) is 10.2 Å². The van der Waals surface area contributed by atoms with Crippen molar-refractivity contribution in [3.05, 3.63) is 71.8 Å². The van der Waals surface area contributed by atoms with E-state index in [-0.39, 0.29) is 18.5 Å². The zero-order valence-electron chi connectivity index (χ0n) is 18.0. The molecule has 0 bridgehead atoms. The van der Waals surface area contributed by atoms with Crippen LogP contribution in [0.25, 0.3) is 0 Å². The molecule has 1 aliphatic heterocycles. The molecule has 2 aromatic carbocycles. The van der Waals surface area contributed by atoms with Crippen molar-refractivity contribution < 1.29 is 4.79 Å². The third-order valence-corrected chi connectivity index (χ3v) is 6.71. The van der Waals surface area contributed by atoms with Crippen LogP contribution in [-0.2, 0) is 4.79 Å². The second-order valence-corrected chi connectivity index (χ2v) is 8.73. The van der Waals surface area contributed by atoms with E-state index in [4.69, 9.17) is 0 Å². The minimum Gasteiger partial charge on any atom is -0.363 e. The van der Waals surface area contributed by atoms with Gasteiger partial charge in [-0.25, -0.2) is 0 Å². The van der Waals surface area contributed by atoms with Crippen LogP contribution in [0, 0.1) is 11.8 Å². The number of likely N-dealkylation sites (tertiary alicyclic amines) is 1. The van der Waals surface area contributed by atoms with Crippen LogP contribution in [0.1, 0.15) is 56.2 Å². The summed E-state index contributed by atoms with van der Waals surface area (Å²) < 4.78 is 0. The highest BCUT2D eigenvalue weighted by molar-refractivity contribution is 5.85. The quantitative estimate of drug-likeness (QED) is 0.574. The number of benzene rings is 2. The van der Waals surface area contributed by atoms with Gasteiger partial charge in [-0.05, 0) is 42.7 Å². The number of amidine groups is 1. The summed E-state index contributed by atoms with van der Waals surface area (Å²) in [6.45, 7) is 4.02. The first-order chi connectivity index (χ1) is 14.7. The van der Waals surface area contributed by atoms with Gasteiger partial charge in [0.05, 0.1) is 11.9 Å². The molecule has 1 N–H and O–H groups in total. The van der Waals surface area contributed by atoms with Crippen LogP contribution in [-0.4, -0.2) is 36.3 Å². The fourth-order valence-electron chi connectivity index (χ4n) is 5.02. The van der Waals surface area contributed by atoms with Crippen LogP contribution >= 0.6 is 0 Å². The first-order valence-corrected chi connectivity index (χ1v) is 11.4. The summed E-state index contributed by atoms with van der Waals surface area (Å²) >= 11 is 0. The molecule has 1 heterocycles. The van der Waals surface area contributed by atoms with E-state index in [9.17, 15) is 4.79 Å². The number of hydrogen-bond donors (Lipinski definition) is 1. The zero-order chi connectivity index (χ0) is 20.8. The van der Waals surface area contributed by atoms with Gasteiger partial charge in [-0.15, -0.1) is 0 Å². The monoisotopic (exact) mass is 403 g/mol. The third-order valence-electron chi connectivity index (χ3n) is 6.71. The SMILES string of the molecule is CC(=NCC(=O)N1CCC2CCCCC2C1)NC(c1ccccc1)c1ccccc1. The molecule has 2 aromatic rings. The van der Waals surface area contributed by atoms with Gasteiger partial charge in [-0.2, -0.15) is 0 Å². The summed E-state index contributed by atoms with van der Waals surface area (Å²) in [5.74, 6) is 2.51. The lowest BCUT2D eigenvalue weighted by molar-refractivity contribution is -0.132. The first kappa shape index (κ1) is 20.6. The Balaban J connectivity index is 1.39. The molecule has 0 aromatic heterocycles. The van der Waals surface area contributed by atoms with Crippen LogP contribution in [0.5, 0.6) is 0 Å². The van der Waals surface area contributed by atoms with Crippen molar-refractivity contribution >= 4 is 11.7 Å². The average Bonchev–Trinajstić information content (AvgIpc) is 2.81. The van der Waals surface area contributed by atoms with Crippen molar-refractivity contribution in [2.45, 2.75) is 45.1 Å². The largest absolute Gasteiger partial charge is 0.363 e. The van der Waals surface area contributed by atoms with E-state index in [1.165, 1.54) is 43.2 Å². The number of rotatable bonds is 5. The van der Waals surface area contributed by atoms with E-state index in [2.05, 4.69) is 63.7 Å². The van der Waals surface area contributed by atoms with Crippen LogP contribution in [0.3, 0.4) is 0 Å². The maximum absolute atomic E-state index is 12.8. The topological polar surface area (TPSA) is 44.7 Å². The summed E-state index contributed by atoms with van der Waals surface area (Å²) in [5.41, 5.74) is 2.37. The van der Waals surface area contributed by atoms with Gasteiger partial charge in [0.2, 0.25) is 5.91 Å². The molecule has 30 heavy (non-hydrogen) atoms. The number of hydrogen-bond acceptors (Lipinski definition) is 2. The molecule has 4 heteroatoms. The van der Waals surface area contributed by atoms with Gasteiger partial charge in [0.15, 0.2) is 0 Å². The maximum atomic E-state index is 12.8. The lowest BCUT2D eigenvalue weighted by Crippen LogP contribution is -2.45. The number of carbonyl (C=O) groups excluding carboxylic acids is 1. The molecule has 1 aliphatic carbocycles. The Bertz CT molecular complexity index is 810. The highest BCUT2D eigenvalue weighted by Crippen LogP contribution is 2.36. The van der Waals surface area contributed by atoms with Crippen molar-refractivity contribution in [3.8, 4) is 0 Å². The summed E-state index contributed by atoms with van der Waals surface area (Å²) in [6, 6.07) is 20.8. The van der Waals surface area contributed by atoms with Gasteiger partial charge in [-0.3, -0.25) is 9.79 Å². The molecule has 2 atom stereocenters. The number of amides is 1. The molecular weight excluding hydrogens is 370 g/mol. The number of nitrogens with zero attached hydrogens (tertiary/aromatic N) is 2. The van der Waals surface area contributed by atoms with Crippen LogP contribution in [0.4, 0.5) is 0 Å². The van der Waals surface area contributed by atoms with Crippen LogP contribution < -0.4 is 5.32 Å². The van der Waals surface area contributed by atoms with E-state index in [1.807, 2.05) is 19.1 Å². The van der Waals surface area contributed by atoms with E-state index < -0.39 is 0 Å². The van der Waals surface area contributed by atoms with Gasteiger partial charge in [0.1, 0.15) is 6.54 Å². The Hall–Kier alpha value is -2.62. The molecule has 4 rings (SSSR count). The fourth-order valence-corrected chi connectivity index (χ4v) is 5.02. The molecule has 0 radical (unpaired) electrons. The summed E-state index contributed by atoms with van der Waals surface area (Å²) in [7, 11) is 0. The molecule has 2 fully saturated rings. The standard InChI is InChI=1S/C26H33N3O/c1-20(27-18-25(30)29-17-16-21-10-8-9-15-24(21)19-29)28-26(22-11-4-2-5-12-22)23-13-6-3-7-14-23/h2-7,11-14,21,24,26H,8-10,15-19H2,1H3,(H,27,28). The number of piperidine rings is 1.